The molecule has 0 saturated carbocycles. The Morgan fingerprint density at radius 3 is 2.28 bits per heavy atom. The van der Waals surface area contributed by atoms with Crippen molar-refractivity contribution in [2.75, 3.05) is 18.5 Å². The molecule has 0 aliphatic carbocycles. The molecule has 0 spiro atoms. The Bertz CT molecular complexity index is 888. The minimum absolute atomic E-state index is 0.207. The lowest BCUT2D eigenvalue weighted by molar-refractivity contribution is 0.102. The van der Waals surface area contributed by atoms with Gasteiger partial charge in [0, 0.05) is 17.3 Å². The zero-order valence-corrected chi connectivity index (χ0v) is 14.8. The van der Waals surface area contributed by atoms with E-state index in [4.69, 9.17) is 9.47 Å². The SMILES string of the molecule is CC(C)S(=O)(=O)c1ccc(C(=O)Nc2ccc3c(c2)OCCO3)cc1. The topological polar surface area (TPSA) is 81.7 Å². The van der Waals surface area contributed by atoms with Crippen molar-refractivity contribution in [2.45, 2.75) is 24.0 Å². The van der Waals surface area contributed by atoms with Crippen LogP contribution in [0.5, 0.6) is 11.5 Å². The first kappa shape index (κ1) is 17.3. The van der Waals surface area contributed by atoms with Gasteiger partial charge < -0.3 is 14.8 Å². The van der Waals surface area contributed by atoms with Crippen molar-refractivity contribution in [3.05, 3.63) is 48.0 Å². The zero-order valence-electron chi connectivity index (χ0n) is 14.0. The van der Waals surface area contributed by atoms with Crippen LogP contribution in [0.4, 0.5) is 5.69 Å². The van der Waals surface area contributed by atoms with Gasteiger partial charge in [-0.3, -0.25) is 4.79 Å². The fourth-order valence-electron chi connectivity index (χ4n) is 2.39. The molecule has 0 unspecified atom stereocenters. The number of amides is 1. The highest BCUT2D eigenvalue weighted by molar-refractivity contribution is 7.92. The summed E-state index contributed by atoms with van der Waals surface area (Å²) >= 11 is 0. The largest absolute Gasteiger partial charge is 0.486 e. The third-order valence-electron chi connectivity index (χ3n) is 3.87. The lowest BCUT2D eigenvalue weighted by atomic mass is 10.2. The van der Waals surface area contributed by atoms with Gasteiger partial charge in [-0.05, 0) is 50.2 Å². The molecule has 0 saturated heterocycles. The second-order valence-electron chi connectivity index (χ2n) is 5.93. The molecule has 6 nitrogen and oxygen atoms in total. The molecule has 1 heterocycles. The number of carbonyl (C=O) groups is 1. The summed E-state index contributed by atoms with van der Waals surface area (Å²) in [4.78, 5) is 12.6. The van der Waals surface area contributed by atoms with Crippen LogP contribution in [-0.2, 0) is 9.84 Å². The Balaban J connectivity index is 1.75. The number of nitrogens with one attached hydrogen (secondary N) is 1. The minimum Gasteiger partial charge on any atom is -0.486 e. The second kappa shape index (κ2) is 6.76. The highest BCUT2D eigenvalue weighted by atomic mass is 32.2. The predicted molar refractivity (Wildman–Crippen MR) is 94.1 cm³/mol. The van der Waals surface area contributed by atoms with Crippen LogP contribution in [0, 0.1) is 0 Å². The maximum atomic E-state index is 12.3. The highest BCUT2D eigenvalue weighted by Gasteiger charge is 2.19. The van der Waals surface area contributed by atoms with Crippen LogP contribution in [-0.4, -0.2) is 32.8 Å². The van der Waals surface area contributed by atoms with Gasteiger partial charge >= 0.3 is 0 Å². The molecule has 0 bridgehead atoms. The van der Waals surface area contributed by atoms with Gasteiger partial charge in [0.25, 0.3) is 5.91 Å². The molecule has 25 heavy (non-hydrogen) atoms. The molecule has 0 radical (unpaired) electrons. The number of hydrogen-bond acceptors (Lipinski definition) is 5. The van der Waals surface area contributed by atoms with E-state index in [1.807, 2.05) is 0 Å². The van der Waals surface area contributed by atoms with Crippen LogP contribution in [0.15, 0.2) is 47.4 Å². The Morgan fingerprint density at radius 2 is 1.64 bits per heavy atom. The van der Waals surface area contributed by atoms with Crippen LogP contribution in [0.25, 0.3) is 0 Å². The Morgan fingerprint density at radius 1 is 1.00 bits per heavy atom. The number of ether oxygens (including phenoxy) is 2. The first-order valence-corrected chi connectivity index (χ1v) is 9.47. The molecular weight excluding hydrogens is 342 g/mol. The molecular formula is C18H19NO5S. The number of benzene rings is 2. The molecule has 1 aliphatic heterocycles. The van der Waals surface area contributed by atoms with Crippen molar-refractivity contribution < 1.29 is 22.7 Å². The molecule has 3 rings (SSSR count). The molecule has 1 aliphatic rings. The standard InChI is InChI=1S/C18H19NO5S/c1-12(2)25(21,22)15-6-3-13(4-7-15)18(20)19-14-5-8-16-17(11-14)24-10-9-23-16/h3-8,11-12H,9-10H2,1-2H3,(H,19,20). The van der Waals surface area contributed by atoms with E-state index in [0.717, 1.165) is 0 Å². The summed E-state index contributed by atoms with van der Waals surface area (Å²) in [5.74, 6) is 0.903. The maximum absolute atomic E-state index is 12.3. The van der Waals surface area contributed by atoms with E-state index in [2.05, 4.69) is 5.32 Å². The summed E-state index contributed by atoms with van der Waals surface area (Å²) in [6, 6.07) is 11.1. The molecule has 0 atom stereocenters. The van der Waals surface area contributed by atoms with E-state index < -0.39 is 15.1 Å². The van der Waals surface area contributed by atoms with E-state index in [1.165, 1.54) is 24.3 Å². The van der Waals surface area contributed by atoms with Gasteiger partial charge in [0.2, 0.25) is 0 Å². The first-order chi connectivity index (χ1) is 11.9. The molecule has 0 aromatic heterocycles. The van der Waals surface area contributed by atoms with E-state index in [1.54, 1.807) is 32.0 Å². The van der Waals surface area contributed by atoms with Crippen LogP contribution in [0.3, 0.4) is 0 Å². The summed E-state index contributed by atoms with van der Waals surface area (Å²) in [6.45, 7) is 4.22. The molecule has 0 fully saturated rings. The van der Waals surface area contributed by atoms with Crippen molar-refractivity contribution in [3.63, 3.8) is 0 Å². The summed E-state index contributed by atoms with van der Waals surface area (Å²) in [5, 5.41) is 2.26. The van der Waals surface area contributed by atoms with Crippen LogP contribution >= 0.6 is 0 Å². The van der Waals surface area contributed by atoms with Crippen molar-refractivity contribution >= 4 is 21.4 Å². The van der Waals surface area contributed by atoms with Crippen molar-refractivity contribution in [2.24, 2.45) is 0 Å². The maximum Gasteiger partial charge on any atom is 0.255 e. The van der Waals surface area contributed by atoms with E-state index in [9.17, 15) is 13.2 Å². The predicted octanol–water partition coefficient (Wildman–Crippen LogP) is 2.89. The van der Waals surface area contributed by atoms with Crippen molar-refractivity contribution in [1.29, 1.82) is 0 Å². The van der Waals surface area contributed by atoms with E-state index in [0.29, 0.717) is 36.0 Å². The highest BCUT2D eigenvalue weighted by Crippen LogP contribution is 2.32. The van der Waals surface area contributed by atoms with Crippen molar-refractivity contribution in [1.82, 2.24) is 0 Å². The van der Waals surface area contributed by atoms with Gasteiger partial charge in [-0.2, -0.15) is 0 Å². The van der Waals surface area contributed by atoms with Crippen molar-refractivity contribution in [3.8, 4) is 11.5 Å². The van der Waals surface area contributed by atoms with Crippen LogP contribution in [0.2, 0.25) is 0 Å². The van der Waals surface area contributed by atoms with Gasteiger partial charge in [0.1, 0.15) is 13.2 Å². The van der Waals surface area contributed by atoms with Gasteiger partial charge in [-0.15, -0.1) is 0 Å². The molecule has 2 aromatic carbocycles. The number of fused-ring (bicyclic) bond motifs is 1. The smallest absolute Gasteiger partial charge is 0.255 e. The Kier molecular flexibility index (Phi) is 4.67. The molecule has 1 N–H and O–H groups in total. The Labute approximate surface area is 146 Å². The van der Waals surface area contributed by atoms with Crippen LogP contribution < -0.4 is 14.8 Å². The molecule has 132 valence electrons. The van der Waals surface area contributed by atoms with Crippen LogP contribution in [0.1, 0.15) is 24.2 Å². The monoisotopic (exact) mass is 361 g/mol. The third-order valence-corrected chi connectivity index (χ3v) is 6.04. The lowest BCUT2D eigenvalue weighted by Crippen LogP contribution is -2.17. The number of sulfone groups is 1. The van der Waals surface area contributed by atoms with Gasteiger partial charge in [-0.1, -0.05) is 0 Å². The lowest BCUT2D eigenvalue weighted by Gasteiger charge is -2.19. The van der Waals surface area contributed by atoms with Gasteiger partial charge in [-0.25, -0.2) is 8.42 Å². The van der Waals surface area contributed by atoms with E-state index >= 15 is 0 Å². The third kappa shape index (κ3) is 3.61. The second-order valence-corrected chi connectivity index (χ2v) is 8.43. The average Bonchev–Trinajstić information content (AvgIpc) is 2.61. The molecule has 7 heteroatoms. The summed E-state index contributed by atoms with van der Waals surface area (Å²) < 4.78 is 35.2. The Hall–Kier alpha value is -2.54. The number of hydrogen-bond donors (Lipinski definition) is 1. The molecule has 1 amide bonds. The quantitative estimate of drug-likeness (QED) is 0.905. The minimum atomic E-state index is -3.35. The normalized spacial score (nSPS) is 13.6. The number of rotatable bonds is 4. The fraction of sp³-hybridized carbons (Fsp3) is 0.278. The first-order valence-electron chi connectivity index (χ1n) is 7.93. The van der Waals surface area contributed by atoms with E-state index in [-0.39, 0.29) is 10.8 Å². The number of anilines is 1. The summed E-state index contributed by atoms with van der Waals surface area (Å²) in [7, 11) is -3.35. The summed E-state index contributed by atoms with van der Waals surface area (Å²) in [6.07, 6.45) is 0. The van der Waals surface area contributed by atoms with Gasteiger partial charge in [0.15, 0.2) is 21.3 Å². The number of carbonyl (C=O) groups excluding carboxylic acids is 1. The zero-order chi connectivity index (χ0) is 18.0. The van der Waals surface area contributed by atoms with Gasteiger partial charge in [0.05, 0.1) is 10.1 Å². The molecule has 2 aromatic rings. The average molecular weight is 361 g/mol. The summed E-state index contributed by atoms with van der Waals surface area (Å²) in [5.41, 5.74) is 0.950. The fourth-order valence-corrected chi connectivity index (χ4v) is 3.45.